The van der Waals surface area contributed by atoms with Gasteiger partial charge >= 0.3 is 0 Å². The minimum absolute atomic E-state index is 0.101. The van der Waals surface area contributed by atoms with Gasteiger partial charge in [-0.15, -0.1) is 11.3 Å². The number of benzene rings is 1. The monoisotopic (exact) mass is 410 g/mol. The van der Waals surface area contributed by atoms with Gasteiger partial charge in [0.05, 0.1) is 17.2 Å². The van der Waals surface area contributed by atoms with Crippen LogP contribution in [0.25, 0.3) is 0 Å². The average Bonchev–Trinajstić information content (AvgIpc) is 3.37. The maximum absolute atomic E-state index is 4.75. The van der Waals surface area contributed by atoms with Crippen molar-refractivity contribution in [3.8, 4) is 0 Å². The summed E-state index contributed by atoms with van der Waals surface area (Å²) in [4.78, 5) is 9.10. The van der Waals surface area contributed by atoms with Crippen molar-refractivity contribution < 1.29 is 0 Å². The van der Waals surface area contributed by atoms with E-state index in [1.54, 1.807) is 24.6 Å². The van der Waals surface area contributed by atoms with Gasteiger partial charge in [0.2, 0.25) is 0 Å². The number of nitrogens with zero attached hydrogens (tertiary/aromatic N) is 4. The van der Waals surface area contributed by atoms with E-state index in [9.17, 15) is 0 Å². The lowest BCUT2D eigenvalue weighted by molar-refractivity contribution is 0.570. The van der Waals surface area contributed by atoms with Crippen LogP contribution in [0.1, 0.15) is 42.6 Å². The van der Waals surface area contributed by atoms with Crippen LogP contribution in [0.15, 0.2) is 53.1 Å². The van der Waals surface area contributed by atoms with Gasteiger partial charge < -0.3 is 10.6 Å². The molecule has 7 heteroatoms. The molecule has 2 aromatic heterocycles. The Morgan fingerprint density at radius 3 is 2.59 bits per heavy atom. The first kappa shape index (κ1) is 21.0. The number of guanidine groups is 1. The third kappa shape index (κ3) is 6.15. The number of nitrogens with one attached hydrogen (secondary N) is 2. The zero-order valence-corrected chi connectivity index (χ0v) is 18.5. The molecule has 3 rings (SSSR count). The van der Waals surface area contributed by atoms with E-state index in [4.69, 9.17) is 4.98 Å². The molecule has 0 unspecified atom stereocenters. The first-order valence-corrected chi connectivity index (χ1v) is 10.8. The molecule has 0 fully saturated rings. The number of hydrogen-bond donors (Lipinski definition) is 2. The topological polar surface area (TPSA) is 67.1 Å². The van der Waals surface area contributed by atoms with Gasteiger partial charge in [-0.3, -0.25) is 9.67 Å². The molecule has 0 amide bonds. The van der Waals surface area contributed by atoms with E-state index in [1.807, 2.05) is 16.9 Å². The summed E-state index contributed by atoms with van der Waals surface area (Å²) in [5, 5.41) is 14.4. The number of rotatable bonds is 7. The highest BCUT2D eigenvalue weighted by Gasteiger charge is 2.17. The molecule has 29 heavy (non-hydrogen) atoms. The van der Waals surface area contributed by atoms with E-state index in [0.717, 1.165) is 36.2 Å². The van der Waals surface area contributed by atoms with E-state index in [2.05, 4.69) is 71.1 Å². The fraction of sp³-hybridized carbons (Fsp3) is 0.409. The molecule has 3 aromatic rings. The first-order valence-electron chi connectivity index (χ1n) is 9.89. The summed E-state index contributed by atoms with van der Waals surface area (Å²) < 4.78 is 1.94. The molecule has 0 atom stereocenters. The molecule has 0 aliphatic carbocycles. The van der Waals surface area contributed by atoms with Gasteiger partial charge in [-0.2, -0.15) is 5.10 Å². The molecule has 0 saturated heterocycles. The van der Waals surface area contributed by atoms with E-state index in [-0.39, 0.29) is 5.41 Å². The fourth-order valence-electron chi connectivity index (χ4n) is 2.91. The number of aliphatic imine (C=N–C) groups is 1. The zero-order chi connectivity index (χ0) is 20.7. The van der Waals surface area contributed by atoms with Gasteiger partial charge in [0, 0.05) is 49.7 Å². The van der Waals surface area contributed by atoms with E-state index in [1.165, 1.54) is 11.1 Å². The molecular weight excluding hydrogens is 380 g/mol. The summed E-state index contributed by atoms with van der Waals surface area (Å²) in [5.74, 6) is 0.798. The SMILES string of the molecule is CN=C(NCCc1nc(C(C)(C)C)cs1)NCc1ccccc1Cn1cccn1. The van der Waals surface area contributed by atoms with E-state index < -0.39 is 0 Å². The summed E-state index contributed by atoms with van der Waals surface area (Å²) in [7, 11) is 1.80. The lowest BCUT2D eigenvalue weighted by Crippen LogP contribution is -2.38. The third-order valence-corrected chi connectivity index (χ3v) is 5.54. The molecule has 0 aliphatic heterocycles. The van der Waals surface area contributed by atoms with Crippen molar-refractivity contribution in [1.82, 2.24) is 25.4 Å². The van der Waals surface area contributed by atoms with Gasteiger partial charge in [0.1, 0.15) is 0 Å². The summed E-state index contributed by atoms with van der Waals surface area (Å²) in [6, 6.07) is 10.4. The molecule has 0 bridgehead atoms. The summed E-state index contributed by atoms with van der Waals surface area (Å²) in [5.41, 5.74) is 3.75. The normalized spacial score (nSPS) is 12.2. The Labute approximate surface area is 177 Å². The van der Waals surface area contributed by atoms with Crippen LogP contribution in [-0.2, 0) is 24.9 Å². The minimum atomic E-state index is 0.101. The predicted molar refractivity (Wildman–Crippen MR) is 120 cm³/mol. The summed E-state index contributed by atoms with van der Waals surface area (Å²) in [6.45, 7) is 8.85. The third-order valence-electron chi connectivity index (χ3n) is 4.63. The lowest BCUT2D eigenvalue weighted by atomic mass is 9.93. The minimum Gasteiger partial charge on any atom is -0.356 e. The second-order valence-electron chi connectivity index (χ2n) is 7.95. The van der Waals surface area contributed by atoms with Crippen molar-refractivity contribution in [2.45, 2.75) is 45.7 Å². The number of aromatic nitrogens is 3. The van der Waals surface area contributed by atoms with Crippen LogP contribution in [0.3, 0.4) is 0 Å². The van der Waals surface area contributed by atoms with Gasteiger partial charge in [0.15, 0.2) is 5.96 Å². The van der Waals surface area contributed by atoms with Crippen molar-refractivity contribution in [1.29, 1.82) is 0 Å². The number of thiazole rings is 1. The molecule has 2 N–H and O–H groups in total. The standard InChI is InChI=1S/C22H30N6S/c1-22(2,3)19-16-29-20(27-19)10-12-24-21(23-4)25-14-17-8-5-6-9-18(17)15-28-13-7-11-26-28/h5-9,11,13,16H,10,12,14-15H2,1-4H3,(H2,23,24,25). The Morgan fingerprint density at radius 2 is 1.93 bits per heavy atom. The average molecular weight is 411 g/mol. The second kappa shape index (κ2) is 9.69. The zero-order valence-electron chi connectivity index (χ0n) is 17.6. The van der Waals surface area contributed by atoms with Crippen LogP contribution in [0, 0.1) is 0 Å². The molecule has 0 radical (unpaired) electrons. The smallest absolute Gasteiger partial charge is 0.191 e. The Balaban J connectivity index is 1.50. The van der Waals surface area contributed by atoms with Crippen LogP contribution in [-0.4, -0.2) is 34.3 Å². The van der Waals surface area contributed by atoms with Gasteiger partial charge in [-0.25, -0.2) is 4.98 Å². The van der Waals surface area contributed by atoms with Crippen molar-refractivity contribution in [2.24, 2.45) is 4.99 Å². The molecule has 2 heterocycles. The van der Waals surface area contributed by atoms with Crippen molar-refractivity contribution in [3.05, 3.63) is 69.9 Å². The maximum atomic E-state index is 4.75. The van der Waals surface area contributed by atoms with Crippen LogP contribution >= 0.6 is 11.3 Å². The van der Waals surface area contributed by atoms with Crippen molar-refractivity contribution >= 4 is 17.3 Å². The van der Waals surface area contributed by atoms with E-state index in [0.29, 0.717) is 6.54 Å². The quantitative estimate of drug-likeness (QED) is 0.461. The molecule has 6 nitrogen and oxygen atoms in total. The molecular formula is C22H30N6S. The Bertz CT molecular complexity index is 921. The Morgan fingerprint density at radius 1 is 1.14 bits per heavy atom. The van der Waals surface area contributed by atoms with Gasteiger partial charge in [-0.05, 0) is 17.2 Å². The lowest BCUT2D eigenvalue weighted by Gasteiger charge is -2.15. The Hall–Kier alpha value is -2.67. The largest absolute Gasteiger partial charge is 0.356 e. The molecule has 0 spiro atoms. The Kier molecular flexibility index (Phi) is 7.04. The molecule has 154 valence electrons. The maximum Gasteiger partial charge on any atom is 0.191 e. The van der Waals surface area contributed by atoms with E-state index >= 15 is 0 Å². The molecule has 0 saturated carbocycles. The van der Waals surface area contributed by atoms with Crippen LogP contribution in [0.2, 0.25) is 0 Å². The van der Waals surface area contributed by atoms with Crippen LogP contribution in [0.4, 0.5) is 0 Å². The van der Waals surface area contributed by atoms with Crippen molar-refractivity contribution in [2.75, 3.05) is 13.6 Å². The van der Waals surface area contributed by atoms with Gasteiger partial charge in [-0.1, -0.05) is 45.0 Å². The molecule has 1 aromatic carbocycles. The second-order valence-corrected chi connectivity index (χ2v) is 8.89. The summed E-state index contributed by atoms with van der Waals surface area (Å²) in [6.07, 6.45) is 4.67. The molecule has 0 aliphatic rings. The fourth-order valence-corrected chi connectivity index (χ4v) is 3.94. The highest BCUT2D eigenvalue weighted by atomic mass is 32.1. The highest BCUT2D eigenvalue weighted by Crippen LogP contribution is 2.23. The predicted octanol–water partition coefficient (Wildman–Crippen LogP) is 3.59. The van der Waals surface area contributed by atoms with Crippen LogP contribution < -0.4 is 10.6 Å². The van der Waals surface area contributed by atoms with Gasteiger partial charge in [0.25, 0.3) is 0 Å². The summed E-state index contributed by atoms with van der Waals surface area (Å²) >= 11 is 1.73. The van der Waals surface area contributed by atoms with Crippen LogP contribution in [0.5, 0.6) is 0 Å². The highest BCUT2D eigenvalue weighted by molar-refractivity contribution is 7.09. The number of hydrogen-bond acceptors (Lipinski definition) is 4. The van der Waals surface area contributed by atoms with Crippen molar-refractivity contribution in [3.63, 3.8) is 0 Å². The first-order chi connectivity index (χ1) is 14.0.